The van der Waals surface area contributed by atoms with Gasteiger partial charge in [0.05, 0.1) is 0 Å². The van der Waals surface area contributed by atoms with Crippen molar-refractivity contribution in [2.24, 2.45) is 11.7 Å². The highest BCUT2D eigenvalue weighted by Crippen LogP contribution is 2.32. The molecule has 3 rings (SSSR count). The molecular formula is C14H18N2. The van der Waals surface area contributed by atoms with Gasteiger partial charge in [-0.1, -0.05) is 18.2 Å². The van der Waals surface area contributed by atoms with Crippen LogP contribution in [0.15, 0.2) is 24.3 Å². The molecule has 1 heterocycles. The Balaban J connectivity index is 1.93. The van der Waals surface area contributed by atoms with Gasteiger partial charge in [0.1, 0.15) is 0 Å². The van der Waals surface area contributed by atoms with Crippen LogP contribution in [0.2, 0.25) is 0 Å². The van der Waals surface area contributed by atoms with Crippen molar-refractivity contribution in [3.8, 4) is 0 Å². The van der Waals surface area contributed by atoms with Crippen LogP contribution in [0.4, 0.5) is 0 Å². The van der Waals surface area contributed by atoms with Crippen LogP contribution < -0.4 is 5.73 Å². The standard InChI is InChI=1S/C14H18N2/c1-9-13(8-10-6-11(15)7-10)12-4-2-3-5-14(12)16-9/h2-5,10-11,16H,6-8,15H2,1H3. The molecule has 2 heteroatoms. The Morgan fingerprint density at radius 1 is 1.31 bits per heavy atom. The van der Waals surface area contributed by atoms with Gasteiger partial charge < -0.3 is 10.7 Å². The molecule has 0 amide bonds. The van der Waals surface area contributed by atoms with Gasteiger partial charge >= 0.3 is 0 Å². The molecule has 0 radical (unpaired) electrons. The summed E-state index contributed by atoms with van der Waals surface area (Å²) >= 11 is 0. The fourth-order valence-corrected chi connectivity index (χ4v) is 2.84. The number of rotatable bonds is 2. The van der Waals surface area contributed by atoms with E-state index < -0.39 is 0 Å². The Kier molecular flexibility index (Phi) is 2.25. The number of benzene rings is 1. The lowest BCUT2D eigenvalue weighted by Gasteiger charge is -2.32. The van der Waals surface area contributed by atoms with Crippen molar-refractivity contribution in [3.05, 3.63) is 35.5 Å². The monoisotopic (exact) mass is 214 g/mol. The molecule has 1 aliphatic rings. The predicted molar refractivity (Wildman–Crippen MR) is 67.4 cm³/mol. The van der Waals surface area contributed by atoms with Gasteiger partial charge in [-0.3, -0.25) is 0 Å². The summed E-state index contributed by atoms with van der Waals surface area (Å²) in [6, 6.07) is 9.02. The lowest BCUT2D eigenvalue weighted by molar-refractivity contribution is 0.264. The van der Waals surface area contributed by atoms with Crippen LogP contribution >= 0.6 is 0 Å². The molecule has 1 fully saturated rings. The molecular weight excluding hydrogens is 196 g/mol. The van der Waals surface area contributed by atoms with Crippen molar-refractivity contribution in [1.29, 1.82) is 0 Å². The quantitative estimate of drug-likeness (QED) is 0.793. The van der Waals surface area contributed by atoms with Gasteiger partial charge in [0, 0.05) is 22.6 Å². The minimum absolute atomic E-state index is 0.454. The van der Waals surface area contributed by atoms with E-state index in [1.165, 1.54) is 41.4 Å². The Morgan fingerprint density at radius 2 is 2.06 bits per heavy atom. The number of nitrogens with two attached hydrogens (primary N) is 1. The Hall–Kier alpha value is -1.28. The summed E-state index contributed by atoms with van der Waals surface area (Å²) in [4.78, 5) is 3.46. The van der Waals surface area contributed by atoms with Crippen LogP contribution in [-0.2, 0) is 6.42 Å². The van der Waals surface area contributed by atoms with Crippen LogP contribution in [0, 0.1) is 12.8 Å². The van der Waals surface area contributed by atoms with E-state index in [1.807, 2.05) is 0 Å². The fourth-order valence-electron chi connectivity index (χ4n) is 2.84. The zero-order valence-corrected chi connectivity index (χ0v) is 9.66. The van der Waals surface area contributed by atoms with E-state index in [-0.39, 0.29) is 0 Å². The van der Waals surface area contributed by atoms with E-state index in [2.05, 4.69) is 36.2 Å². The molecule has 3 N–H and O–H groups in total. The molecule has 0 unspecified atom stereocenters. The van der Waals surface area contributed by atoms with E-state index in [9.17, 15) is 0 Å². The highest BCUT2D eigenvalue weighted by atomic mass is 14.7. The van der Waals surface area contributed by atoms with Crippen LogP contribution in [0.5, 0.6) is 0 Å². The number of aryl methyl sites for hydroxylation is 1. The number of para-hydroxylation sites is 1. The summed E-state index contributed by atoms with van der Waals surface area (Å²) in [5, 5.41) is 1.39. The highest BCUT2D eigenvalue weighted by molar-refractivity contribution is 5.84. The third-order valence-electron chi connectivity index (χ3n) is 3.79. The number of hydrogen-bond donors (Lipinski definition) is 2. The topological polar surface area (TPSA) is 41.8 Å². The van der Waals surface area contributed by atoms with Crippen molar-refractivity contribution in [2.75, 3.05) is 0 Å². The predicted octanol–water partition coefficient (Wildman–Crippen LogP) is 2.76. The van der Waals surface area contributed by atoms with E-state index in [0.29, 0.717) is 6.04 Å². The lowest BCUT2D eigenvalue weighted by atomic mass is 9.77. The molecule has 1 aromatic carbocycles. The summed E-state index contributed by atoms with van der Waals surface area (Å²) in [5.74, 6) is 0.799. The van der Waals surface area contributed by atoms with E-state index >= 15 is 0 Å². The smallest absolute Gasteiger partial charge is 0.0458 e. The van der Waals surface area contributed by atoms with Crippen molar-refractivity contribution >= 4 is 10.9 Å². The zero-order chi connectivity index (χ0) is 11.1. The molecule has 0 spiro atoms. The summed E-state index contributed by atoms with van der Waals surface area (Å²) in [5.41, 5.74) is 9.92. The Bertz CT molecular complexity index is 506. The first-order valence-electron chi connectivity index (χ1n) is 6.06. The summed E-state index contributed by atoms with van der Waals surface area (Å²) in [6.45, 7) is 2.17. The lowest BCUT2D eigenvalue weighted by Crippen LogP contribution is -2.37. The van der Waals surface area contributed by atoms with Gasteiger partial charge in [0.2, 0.25) is 0 Å². The summed E-state index contributed by atoms with van der Waals surface area (Å²) < 4.78 is 0. The third-order valence-corrected chi connectivity index (χ3v) is 3.79. The van der Waals surface area contributed by atoms with E-state index in [1.54, 1.807) is 0 Å². The molecule has 84 valence electrons. The number of aromatic nitrogens is 1. The van der Waals surface area contributed by atoms with Gasteiger partial charge in [-0.25, -0.2) is 0 Å². The maximum atomic E-state index is 5.84. The first kappa shape index (κ1) is 9.91. The van der Waals surface area contributed by atoms with Gasteiger partial charge in [0.15, 0.2) is 0 Å². The number of H-pyrrole nitrogens is 1. The molecule has 1 aromatic heterocycles. The van der Waals surface area contributed by atoms with E-state index in [4.69, 9.17) is 5.73 Å². The fraction of sp³-hybridized carbons (Fsp3) is 0.429. The average Bonchev–Trinajstić information content (AvgIpc) is 2.53. The first-order valence-corrected chi connectivity index (χ1v) is 6.06. The Labute approximate surface area is 95.8 Å². The molecule has 0 atom stereocenters. The molecule has 0 bridgehead atoms. The SMILES string of the molecule is Cc1[nH]c2ccccc2c1CC1CC(N)C1. The normalized spacial score (nSPS) is 24.6. The third kappa shape index (κ3) is 1.54. The second-order valence-electron chi connectivity index (χ2n) is 5.08. The molecule has 2 nitrogen and oxygen atoms in total. The van der Waals surface area contributed by atoms with Gasteiger partial charge in [-0.15, -0.1) is 0 Å². The second kappa shape index (κ2) is 3.63. The molecule has 2 aromatic rings. The molecule has 0 aliphatic heterocycles. The van der Waals surface area contributed by atoms with Crippen LogP contribution in [-0.4, -0.2) is 11.0 Å². The second-order valence-corrected chi connectivity index (χ2v) is 5.08. The number of nitrogens with one attached hydrogen (secondary N) is 1. The summed E-state index contributed by atoms with van der Waals surface area (Å²) in [6.07, 6.45) is 3.57. The van der Waals surface area contributed by atoms with E-state index in [0.717, 1.165) is 5.92 Å². The van der Waals surface area contributed by atoms with Crippen LogP contribution in [0.3, 0.4) is 0 Å². The first-order chi connectivity index (χ1) is 7.74. The van der Waals surface area contributed by atoms with Gasteiger partial charge in [-0.2, -0.15) is 0 Å². The maximum absolute atomic E-state index is 5.84. The maximum Gasteiger partial charge on any atom is 0.0458 e. The highest BCUT2D eigenvalue weighted by Gasteiger charge is 2.27. The average molecular weight is 214 g/mol. The van der Waals surface area contributed by atoms with Crippen molar-refractivity contribution in [1.82, 2.24) is 4.98 Å². The molecule has 16 heavy (non-hydrogen) atoms. The Morgan fingerprint density at radius 3 is 2.81 bits per heavy atom. The molecule has 1 saturated carbocycles. The molecule has 0 saturated heterocycles. The number of hydrogen-bond acceptors (Lipinski definition) is 1. The van der Waals surface area contributed by atoms with Crippen molar-refractivity contribution in [2.45, 2.75) is 32.2 Å². The van der Waals surface area contributed by atoms with Crippen molar-refractivity contribution < 1.29 is 0 Å². The minimum atomic E-state index is 0.454. The molecule has 1 aliphatic carbocycles. The van der Waals surface area contributed by atoms with Gasteiger partial charge in [-0.05, 0) is 43.7 Å². The van der Waals surface area contributed by atoms with Crippen LogP contribution in [0.1, 0.15) is 24.1 Å². The largest absolute Gasteiger partial charge is 0.358 e. The van der Waals surface area contributed by atoms with Gasteiger partial charge in [0.25, 0.3) is 0 Å². The zero-order valence-electron chi connectivity index (χ0n) is 9.66. The van der Waals surface area contributed by atoms with Crippen LogP contribution in [0.25, 0.3) is 10.9 Å². The van der Waals surface area contributed by atoms with Crippen molar-refractivity contribution in [3.63, 3.8) is 0 Å². The number of aromatic amines is 1. The minimum Gasteiger partial charge on any atom is -0.358 e. The summed E-state index contributed by atoms with van der Waals surface area (Å²) in [7, 11) is 0. The number of fused-ring (bicyclic) bond motifs is 1.